The van der Waals surface area contributed by atoms with Gasteiger partial charge >= 0.3 is 0 Å². The molecule has 4 rings (SSSR count). The number of allylic oxidation sites excluding steroid dienone is 4. The Bertz CT molecular complexity index is 2560. The summed E-state index contributed by atoms with van der Waals surface area (Å²) in [5.41, 5.74) is 4.90. The van der Waals surface area contributed by atoms with Crippen molar-refractivity contribution in [3.8, 4) is 0 Å². The van der Waals surface area contributed by atoms with Crippen LogP contribution in [0.4, 0.5) is 0 Å². The molecule has 1 aliphatic rings. The monoisotopic (exact) mass is 1240 g/mol. The van der Waals surface area contributed by atoms with Crippen LogP contribution in [0.1, 0.15) is 27.7 Å². The van der Waals surface area contributed by atoms with E-state index in [2.05, 4.69) is 282 Å². The standard InChI is InChI=1S/C63H124Si13/c1-44-45(2)47(4)54(46(44)3)76(51-41-48(64(5,6)7)55(67(14,15)16)61(73(32,33)34)58(51)70(23,24)25,52-42-49(65(8,9)10)56(68(17,18)19)62(74(35,36)37)59(52)71(26,27)28)53-43-50(66(11,12)13)57(69(20,21)22)63(75(38,39)40)60(53)72(29,30)31/h41-43,46H,1-40H3. The van der Waals surface area contributed by atoms with Crippen molar-refractivity contribution < 1.29 is 0 Å². The maximum atomic E-state index is 3.19. The van der Waals surface area contributed by atoms with Crippen molar-refractivity contribution in [2.24, 2.45) is 5.92 Å². The molecule has 76 heavy (non-hydrogen) atoms. The average Bonchev–Trinajstić information content (AvgIpc) is 3.33. The maximum absolute atomic E-state index is 3.45. The van der Waals surface area contributed by atoms with Gasteiger partial charge in [0, 0.05) is 0 Å². The van der Waals surface area contributed by atoms with Gasteiger partial charge in [-0.3, -0.25) is 0 Å². The molecule has 428 valence electrons. The van der Waals surface area contributed by atoms with Crippen molar-refractivity contribution in [3.05, 3.63) is 40.1 Å². The second-order valence-corrected chi connectivity index (χ2v) is 101. The smallest absolute Gasteiger partial charge is 0.0656 e. The lowest BCUT2D eigenvalue weighted by Gasteiger charge is -2.52. The molecular weight excluding hydrogens is 1120 g/mol. The zero-order chi connectivity index (χ0) is 60.2. The van der Waals surface area contributed by atoms with Crippen LogP contribution < -0.4 is 77.8 Å². The predicted molar refractivity (Wildman–Crippen MR) is 400 cm³/mol. The van der Waals surface area contributed by atoms with Crippen LogP contribution in [0.2, 0.25) is 236 Å². The summed E-state index contributed by atoms with van der Waals surface area (Å²) in [5, 5.41) is 30.5. The molecule has 0 bridgehead atoms. The first-order valence-corrected chi connectivity index (χ1v) is 74.1. The Labute approximate surface area is 488 Å². The Morgan fingerprint density at radius 2 is 0.395 bits per heavy atom. The number of benzene rings is 3. The molecule has 0 aliphatic heterocycles. The predicted octanol–water partition coefficient (Wildman–Crippen LogP) is 11.5. The van der Waals surface area contributed by atoms with Crippen LogP contribution in [0.25, 0.3) is 0 Å². The van der Waals surface area contributed by atoms with E-state index in [9.17, 15) is 0 Å². The van der Waals surface area contributed by atoms with Gasteiger partial charge in [0.05, 0.1) is 96.9 Å². The highest BCUT2D eigenvalue weighted by molar-refractivity contribution is 7.26. The highest BCUT2D eigenvalue weighted by Crippen LogP contribution is 2.42. The summed E-state index contributed by atoms with van der Waals surface area (Å²) in [4.78, 5) is 0. The molecule has 1 aliphatic carbocycles. The van der Waals surface area contributed by atoms with Crippen LogP contribution in [-0.2, 0) is 0 Å². The van der Waals surface area contributed by atoms with Gasteiger partial charge in [-0.15, -0.1) is 0 Å². The molecule has 0 amide bonds. The molecule has 3 aromatic carbocycles. The van der Waals surface area contributed by atoms with Crippen molar-refractivity contribution in [2.45, 2.75) is 263 Å². The van der Waals surface area contributed by atoms with Gasteiger partial charge in [-0.1, -0.05) is 339 Å². The molecule has 1 unspecified atom stereocenters. The van der Waals surface area contributed by atoms with Gasteiger partial charge in [-0.2, -0.15) is 0 Å². The van der Waals surface area contributed by atoms with Gasteiger partial charge in [0.15, 0.2) is 8.07 Å². The summed E-state index contributed by atoms with van der Waals surface area (Å²) in [7, 11) is -27.9. The van der Waals surface area contributed by atoms with Crippen LogP contribution in [0, 0.1) is 5.92 Å². The third-order valence-corrected chi connectivity index (χ3v) is 49.8. The molecule has 0 heterocycles. The molecule has 1 atom stereocenters. The van der Waals surface area contributed by atoms with E-state index in [1.807, 2.05) is 83.0 Å². The quantitative estimate of drug-likeness (QED) is 0.0991. The molecule has 13 heteroatoms. The fourth-order valence-electron chi connectivity index (χ4n) is 14.5. The highest BCUT2D eigenvalue weighted by atomic mass is 28.4. The van der Waals surface area contributed by atoms with Crippen molar-refractivity contribution in [2.75, 3.05) is 0 Å². The molecule has 0 spiro atoms. The van der Waals surface area contributed by atoms with Crippen LogP contribution >= 0.6 is 0 Å². The molecule has 0 nitrogen and oxygen atoms in total. The first-order valence-electron chi connectivity index (χ1n) is 30.1. The summed E-state index contributed by atoms with van der Waals surface area (Å²) in [6.45, 7) is 111. The lowest BCUT2D eigenvalue weighted by Crippen LogP contribution is -2.90. The van der Waals surface area contributed by atoms with Crippen LogP contribution in [0.5, 0.6) is 0 Å². The highest BCUT2D eigenvalue weighted by Gasteiger charge is 2.58. The summed E-state index contributed by atoms with van der Waals surface area (Å²) >= 11 is 0. The molecular formula is C63H124Si13. The second-order valence-electron chi connectivity index (χ2n) is 37.1. The fourth-order valence-corrected chi connectivity index (χ4v) is 67.5. The lowest BCUT2D eigenvalue weighted by atomic mass is 10.1. The Morgan fingerprint density at radius 1 is 0.224 bits per heavy atom. The van der Waals surface area contributed by atoms with Gasteiger partial charge in [0.2, 0.25) is 0 Å². The Balaban J connectivity index is 3.20. The van der Waals surface area contributed by atoms with Crippen LogP contribution in [0.3, 0.4) is 0 Å². The SMILES string of the molecule is CC1=C(C)C(C)C([Si](c2cc([Si](C)(C)C)c([Si](C)(C)C)c([Si](C)(C)C)c2[Si](C)(C)C)(c2cc([Si](C)(C)C)c([Si](C)(C)C)c([Si](C)(C)C)c2[Si](C)(C)C)c2cc([Si](C)(C)C)c([Si](C)(C)C)c([Si](C)(C)C)c2[Si](C)(C)C)=C1C. The Kier molecular flexibility index (Phi) is 18.6. The lowest BCUT2D eigenvalue weighted by molar-refractivity contribution is 0.852. The van der Waals surface area contributed by atoms with E-state index in [0.29, 0.717) is 5.92 Å². The van der Waals surface area contributed by atoms with Crippen molar-refractivity contribution in [1.29, 1.82) is 0 Å². The third-order valence-electron chi connectivity index (χ3n) is 17.4. The maximum Gasteiger partial charge on any atom is 0.176 e. The normalized spacial score (nSPS) is 17.0. The van der Waals surface area contributed by atoms with Crippen LogP contribution in [0.15, 0.2) is 40.1 Å². The van der Waals surface area contributed by atoms with E-state index in [0.717, 1.165) is 0 Å². The molecule has 0 radical (unpaired) electrons. The van der Waals surface area contributed by atoms with E-state index < -0.39 is 105 Å². The topological polar surface area (TPSA) is 0 Å². The minimum atomic E-state index is -3.45. The van der Waals surface area contributed by atoms with Gasteiger partial charge < -0.3 is 0 Å². The van der Waals surface area contributed by atoms with E-state index in [-0.39, 0.29) is 0 Å². The largest absolute Gasteiger partial charge is 0.176 e. The van der Waals surface area contributed by atoms with Gasteiger partial charge in [0.1, 0.15) is 0 Å². The summed E-state index contributed by atoms with van der Waals surface area (Å²) < 4.78 is 0. The minimum Gasteiger partial charge on any atom is -0.0656 e. The number of hydrogen-bond donors (Lipinski definition) is 0. The molecule has 0 saturated heterocycles. The molecule has 0 N–H and O–H groups in total. The summed E-state index contributed by atoms with van der Waals surface area (Å²) in [5.74, 6) is 0.358. The zero-order valence-corrected chi connectivity index (χ0v) is 71.3. The van der Waals surface area contributed by atoms with Crippen LogP contribution in [-0.4, -0.2) is 105 Å². The molecule has 0 aromatic heterocycles. The van der Waals surface area contributed by atoms with Crippen molar-refractivity contribution in [1.82, 2.24) is 0 Å². The molecule has 3 aromatic rings. The van der Waals surface area contributed by atoms with E-state index in [1.54, 1.807) is 16.7 Å². The zero-order valence-electron chi connectivity index (χ0n) is 58.3. The van der Waals surface area contributed by atoms with Gasteiger partial charge in [-0.05, 0) is 47.8 Å². The fraction of sp³-hybridized carbons (Fsp3) is 0.651. The minimum absolute atomic E-state index is 0.358. The summed E-state index contributed by atoms with van der Waals surface area (Å²) in [6.07, 6.45) is 0. The van der Waals surface area contributed by atoms with Crippen molar-refractivity contribution >= 4 is 183 Å². The number of rotatable bonds is 16. The molecule has 0 fully saturated rings. The van der Waals surface area contributed by atoms with Crippen molar-refractivity contribution in [3.63, 3.8) is 0 Å². The molecule has 0 saturated carbocycles. The van der Waals surface area contributed by atoms with E-state index >= 15 is 0 Å². The average molecular weight is 1250 g/mol. The number of hydrogen-bond acceptors (Lipinski definition) is 0. The first kappa shape index (κ1) is 68.5. The van der Waals surface area contributed by atoms with Gasteiger partial charge in [0.25, 0.3) is 0 Å². The third kappa shape index (κ3) is 12.7. The van der Waals surface area contributed by atoms with E-state index in [4.69, 9.17) is 0 Å². The Morgan fingerprint density at radius 3 is 0.526 bits per heavy atom. The second kappa shape index (κ2) is 20.6. The van der Waals surface area contributed by atoms with E-state index in [1.165, 1.54) is 0 Å². The Hall–Kier alpha value is -0.0405. The summed E-state index contributed by atoms with van der Waals surface area (Å²) in [6, 6.07) is 9.56. The van der Waals surface area contributed by atoms with Gasteiger partial charge in [-0.25, -0.2) is 0 Å². The first-order chi connectivity index (χ1) is 33.0.